The molecule has 0 fully saturated rings. The van der Waals surface area contributed by atoms with Crippen molar-refractivity contribution in [3.63, 3.8) is 0 Å². The highest BCUT2D eigenvalue weighted by atomic mass is 32.2. The van der Waals surface area contributed by atoms with Gasteiger partial charge in [-0.2, -0.15) is 0 Å². The number of rotatable bonds is 7. The van der Waals surface area contributed by atoms with Gasteiger partial charge in [0.25, 0.3) is 0 Å². The van der Waals surface area contributed by atoms with E-state index >= 15 is 0 Å². The summed E-state index contributed by atoms with van der Waals surface area (Å²) in [5.41, 5.74) is 3.53. The molecule has 1 aliphatic rings. The van der Waals surface area contributed by atoms with Crippen molar-refractivity contribution in [2.45, 2.75) is 51.4 Å². The number of aromatic nitrogens is 3. The molecule has 3 aromatic rings. The number of nitrogens with two attached hydrogens (primary N) is 1. The average molecular weight is 458 g/mol. The molecule has 0 spiro atoms. The molecule has 2 aromatic heterocycles. The molecule has 31 heavy (non-hydrogen) atoms. The van der Waals surface area contributed by atoms with E-state index in [1.165, 1.54) is 26.9 Å². The number of carbonyl (C=O) groups is 1. The van der Waals surface area contributed by atoms with Crippen molar-refractivity contribution in [1.29, 1.82) is 0 Å². The number of nitrogens with zero attached hydrogens (tertiary/aromatic N) is 4. The number of amides is 1. The number of carbonyl (C=O) groups excluding carboxylic acids is 1. The number of ether oxygens (including phenoxy) is 1. The highest BCUT2D eigenvalue weighted by Crippen LogP contribution is 2.28. The third-order valence-electron chi connectivity index (χ3n) is 5.37. The summed E-state index contributed by atoms with van der Waals surface area (Å²) in [7, 11) is 0. The molecule has 0 saturated carbocycles. The van der Waals surface area contributed by atoms with E-state index in [-0.39, 0.29) is 18.3 Å². The molecule has 3 heterocycles. The van der Waals surface area contributed by atoms with E-state index in [9.17, 15) is 4.79 Å². The van der Waals surface area contributed by atoms with Gasteiger partial charge < -0.3 is 15.5 Å². The number of thioether (sulfide) groups is 1. The van der Waals surface area contributed by atoms with Crippen LogP contribution in [0.1, 0.15) is 47.2 Å². The van der Waals surface area contributed by atoms with Gasteiger partial charge in [0.15, 0.2) is 5.82 Å². The second-order valence-corrected chi connectivity index (χ2v) is 9.92. The van der Waals surface area contributed by atoms with Crippen molar-refractivity contribution in [3.05, 3.63) is 57.0 Å². The van der Waals surface area contributed by atoms with Crippen LogP contribution in [-0.2, 0) is 24.4 Å². The summed E-state index contributed by atoms with van der Waals surface area (Å²) in [5, 5.41) is 10.9. The Morgan fingerprint density at radius 1 is 1.32 bits per heavy atom. The van der Waals surface area contributed by atoms with Crippen molar-refractivity contribution in [3.8, 4) is 5.75 Å². The molecule has 0 atom stereocenters. The first-order chi connectivity index (χ1) is 14.9. The zero-order valence-electron chi connectivity index (χ0n) is 18.0. The van der Waals surface area contributed by atoms with Gasteiger partial charge in [0.1, 0.15) is 12.4 Å². The van der Waals surface area contributed by atoms with Crippen LogP contribution in [-0.4, -0.2) is 38.0 Å². The fourth-order valence-corrected chi connectivity index (χ4v) is 5.24. The highest BCUT2D eigenvalue weighted by molar-refractivity contribution is 7.99. The molecule has 0 radical (unpaired) electrons. The largest absolute Gasteiger partial charge is 0.485 e. The smallest absolute Gasteiger partial charge is 0.233 e. The molecule has 1 aliphatic heterocycles. The first-order valence-corrected chi connectivity index (χ1v) is 12.2. The van der Waals surface area contributed by atoms with Gasteiger partial charge in [-0.3, -0.25) is 4.79 Å². The quantitative estimate of drug-likeness (QED) is 0.430. The van der Waals surface area contributed by atoms with Gasteiger partial charge >= 0.3 is 0 Å². The van der Waals surface area contributed by atoms with Gasteiger partial charge in [-0.05, 0) is 53.5 Å². The normalized spacial score (nSPS) is 13.5. The standard InChI is InChI=1S/C22H27N5O2S2/c1-14(2)17-5-4-15(3)10-18(17)29-12-20-24-25-22(27(20)23)31-13-21(28)26-8-6-19-16(11-26)7-9-30-19/h4-5,7,9-10,14H,6,8,11-13,23H2,1-3H3. The van der Waals surface area contributed by atoms with Crippen LogP contribution in [0.15, 0.2) is 34.8 Å². The number of hydrogen-bond donors (Lipinski definition) is 1. The number of fused-ring (bicyclic) bond motifs is 1. The second-order valence-electron chi connectivity index (χ2n) is 7.98. The summed E-state index contributed by atoms with van der Waals surface area (Å²) in [5.74, 6) is 8.25. The predicted molar refractivity (Wildman–Crippen MR) is 124 cm³/mol. The van der Waals surface area contributed by atoms with Crippen LogP contribution >= 0.6 is 23.1 Å². The van der Waals surface area contributed by atoms with Crippen molar-refractivity contribution in [2.75, 3.05) is 18.1 Å². The zero-order chi connectivity index (χ0) is 22.0. The number of hydrogen-bond acceptors (Lipinski definition) is 7. The lowest BCUT2D eigenvalue weighted by atomic mass is 10.0. The highest BCUT2D eigenvalue weighted by Gasteiger charge is 2.22. The molecule has 0 saturated heterocycles. The van der Waals surface area contributed by atoms with Crippen LogP contribution < -0.4 is 10.6 Å². The van der Waals surface area contributed by atoms with Gasteiger partial charge in [0.2, 0.25) is 11.1 Å². The second kappa shape index (κ2) is 9.32. The maximum Gasteiger partial charge on any atom is 0.233 e. The minimum atomic E-state index is 0.0870. The van der Waals surface area contributed by atoms with Crippen LogP contribution in [0.3, 0.4) is 0 Å². The lowest BCUT2D eigenvalue weighted by molar-refractivity contribution is -0.129. The van der Waals surface area contributed by atoms with Crippen molar-refractivity contribution in [1.82, 2.24) is 19.8 Å². The van der Waals surface area contributed by atoms with E-state index in [2.05, 4.69) is 47.6 Å². The number of benzene rings is 1. The molecule has 4 rings (SSSR count). The fraction of sp³-hybridized carbons (Fsp3) is 0.409. The predicted octanol–water partition coefficient (Wildman–Crippen LogP) is 3.74. The Morgan fingerprint density at radius 3 is 2.97 bits per heavy atom. The first kappa shape index (κ1) is 21.7. The molecule has 0 aliphatic carbocycles. The molecular weight excluding hydrogens is 430 g/mol. The van der Waals surface area contributed by atoms with Crippen LogP contribution in [0.2, 0.25) is 0 Å². The molecule has 0 bridgehead atoms. The van der Waals surface area contributed by atoms with E-state index < -0.39 is 0 Å². The Labute approximate surface area is 190 Å². The first-order valence-electron chi connectivity index (χ1n) is 10.3. The molecule has 0 unspecified atom stereocenters. The van der Waals surface area contributed by atoms with Crippen LogP contribution in [0.25, 0.3) is 0 Å². The van der Waals surface area contributed by atoms with Crippen LogP contribution in [0, 0.1) is 6.92 Å². The summed E-state index contributed by atoms with van der Waals surface area (Å²) in [6, 6.07) is 8.31. The minimum absolute atomic E-state index is 0.0870. The van der Waals surface area contributed by atoms with Crippen molar-refractivity contribution < 1.29 is 9.53 Å². The molecule has 7 nitrogen and oxygen atoms in total. The fourth-order valence-electron chi connectivity index (χ4n) is 3.57. The van der Waals surface area contributed by atoms with Gasteiger partial charge in [0.05, 0.1) is 5.75 Å². The van der Waals surface area contributed by atoms with Gasteiger partial charge in [-0.1, -0.05) is 37.7 Å². The summed E-state index contributed by atoms with van der Waals surface area (Å²) in [6.45, 7) is 7.97. The molecule has 1 aromatic carbocycles. The van der Waals surface area contributed by atoms with E-state index in [0.717, 1.165) is 29.8 Å². The number of thiophene rings is 1. The van der Waals surface area contributed by atoms with Gasteiger partial charge in [-0.15, -0.1) is 21.5 Å². The maximum absolute atomic E-state index is 12.7. The lowest BCUT2D eigenvalue weighted by Crippen LogP contribution is -2.36. The van der Waals surface area contributed by atoms with E-state index in [0.29, 0.717) is 23.4 Å². The average Bonchev–Trinajstić information content (AvgIpc) is 3.36. The number of nitrogen functional groups attached to an aromatic ring is 1. The molecular formula is C22H27N5O2S2. The van der Waals surface area contributed by atoms with Crippen LogP contribution in [0.5, 0.6) is 5.75 Å². The Hall–Kier alpha value is -2.52. The van der Waals surface area contributed by atoms with E-state index in [4.69, 9.17) is 10.6 Å². The summed E-state index contributed by atoms with van der Waals surface area (Å²) < 4.78 is 7.43. The molecule has 1 amide bonds. The Bertz CT molecular complexity index is 1080. The van der Waals surface area contributed by atoms with Gasteiger partial charge in [0, 0.05) is 18.0 Å². The SMILES string of the molecule is Cc1ccc(C(C)C)c(OCc2nnc(SCC(=O)N3CCc4sccc4C3)n2N)c1. The molecule has 164 valence electrons. The maximum atomic E-state index is 12.7. The summed E-state index contributed by atoms with van der Waals surface area (Å²) >= 11 is 3.07. The Morgan fingerprint density at radius 2 is 2.16 bits per heavy atom. The summed E-state index contributed by atoms with van der Waals surface area (Å²) in [6.07, 6.45) is 0.926. The third kappa shape index (κ3) is 4.88. The topological polar surface area (TPSA) is 86.3 Å². The van der Waals surface area contributed by atoms with Crippen molar-refractivity contribution >= 4 is 29.0 Å². The molecule has 2 N–H and O–H groups in total. The van der Waals surface area contributed by atoms with Gasteiger partial charge in [-0.25, -0.2) is 4.68 Å². The van der Waals surface area contributed by atoms with E-state index in [1.54, 1.807) is 11.3 Å². The van der Waals surface area contributed by atoms with Crippen molar-refractivity contribution in [2.24, 2.45) is 0 Å². The Balaban J connectivity index is 1.35. The van der Waals surface area contributed by atoms with E-state index in [1.807, 2.05) is 17.9 Å². The third-order valence-corrected chi connectivity index (χ3v) is 7.32. The molecule has 9 heteroatoms. The monoisotopic (exact) mass is 457 g/mol. The number of aryl methyl sites for hydroxylation is 1. The lowest BCUT2D eigenvalue weighted by Gasteiger charge is -2.26. The zero-order valence-corrected chi connectivity index (χ0v) is 19.6. The minimum Gasteiger partial charge on any atom is -0.485 e. The summed E-state index contributed by atoms with van der Waals surface area (Å²) in [4.78, 5) is 15.9. The van der Waals surface area contributed by atoms with Crippen LogP contribution in [0.4, 0.5) is 0 Å². The Kier molecular flexibility index (Phi) is 6.52.